The van der Waals surface area contributed by atoms with Crippen LogP contribution in [0.4, 0.5) is 11.4 Å². The smallest absolute Gasteiger partial charge is 0.258 e. The molecular weight excluding hydrogens is 464 g/mol. The van der Waals surface area contributed by atoms with Crippen molar-refractivity contribution in [3.63, 3.8) is 0 Å². The van der Waals surface area contributed by atoms with E-state index in [0.29, 0.717) is 12.8 Å². The Morgan fingerprint density at radius 1 is 0.844 bits per heavy atom. The highest BCUT2D eigenvalue weighted by atomic mass is 32.2. The summed E-state index contributed by atoms with van der Waals surface area (Å²) in [6, 6.07) is 9.38. The van der Waals surface area contributed by atoms with Gasteiger partial charge in [-0.05, 0) is 30.9 Å². The highest BCUT2D eigenvalue weighted by Gasteiger charge is 2.19. The van der Waals surface area contributed by atoms with Crippen molar-refractivity contribution in [1.82, 2.24) is 9.44 Å². The Morgan fingerprint density at radius 3 is 1.78 bits per heavy atom. The molecule has 32 heavy (non-hydrogen) atoms. The molecule has 2 rings (SSSR count). The molecular formula is C18H22N4O8S2. The SMILES string of the molecule is CC(CCCNS(=O)(=O)c1cccc([N+](=O)[O-])c1)CNS(=O)(=O)c1cccc([N+](=O)[O-])c1. The first kappa shape index (κ1) is 25.3. The molecule has 12 nitrogen and oxygen atoms in total. The molecule has 0 heterocycles. The van der Waals surface area contributed by atoms with Crippen LogP contribution in [0.2, 0.25) is 0 Å². The van der Waals surface area contributed by atoms with Crippen molar-refractivity contribution in [3.8, 4) is 0 Å². The summed E-state index contributed by atoms with van der Waals surface area (Å²) < 4.78 is 53.9. The first-order valence-corrected chi connectivity index (χ1v) is 12.4. The van der Waals surface area contributed by atoms with E-state index >= 15 is 0 Å². The summed E-state index contributed by atoms with van der Waals surface area (Å²) in [6.07, 6.45) is 0.878. The third kappa shape index (κ3) is 7.05. The zero-order valence-corrected chi connectivity index (χ0v) is 18.6. The van der Waals surface area contributed by atoms with Crippen LogP contribution < -0.4 is 9.44 Å². The van der Waals surface area contributed by atoms with Gasteiger partial charge in [0.25, 0.3) is 11.4 Å². The summed E-state index contributed by atoms with van der Waals surface area (Å²) >= 11 is 0. The number of hydrogen-bond acceptors (Lipinski definition) is 8. The second-order valence-corrected chi connectivity index (χ2v) is 10.5. The van der Waals surface area contributed by atoms with Gasteiger partial charge in [0.2, 0.25) is 20.0 Å². The van der Waals surface area contributed by atoms with Gasteiger partial charge in [0, 0.05) is 37.4 Å². The van der Waals surface area contributed by atoms with Crippen molar-refractivity contribution in [2.75, 3.05) is 13.1 Å². The molecule has 2 N–H and O–H groups in total. The van der Waals surface area contributed by atoms with Crippen molar-refractivity contribution in [2.45, 2.75) is 29.6 Å². The fraction of sp³-hybridized carbons (Fsp3) is 0.333. The molecule has 0 saturated heterocycles. The first-order chi connectivity index (χ1) is 14.9. The van der Waals surface area contributed by atoms with Crippen LogP contribution in [0.5, 0.6) is 0 Å². The van der Waals surface area contributed by atoms with Gasteiger partial charge in [-0.25, -0.2) is 26.3 Å². The second kappa shape index (κ2) is 10.6. The normalized spacial score (nSPS) is 12.9. The summed E-state index contributed by atoms with van der Waals surface area (Å²) in [7, 11) is -7.85. The summed E-state index contributed by atoms with van der Waals surface area (Å²) in [5.41, 5.74) is -0.672. The number of rotatable bonds is 12. The quantitative estimate of drug-likeness (QED) is 0.260. The lowest BCUT2D eigenvalue weighted by Crippen LogP contribution is -2.29. The molecule has 1 atom stereocenters. The van der Waals surface area contributed by atoms with Crippen molar-refractivity contribution in [3.05, 3.63) is 68.8 Å². The van der Waals surface area contributed by atoms with Crippen LogP contribution in [0.25, 0.3) is 0 Å². The summed E-state index contributed by atoms with van der Waals surface area (Å²) in [5.74, 6) is -0.147. The minimum atomic E-state index is -3.93. The number of nitro groups is 2. The van der Waals surface area contributed by atoms with Crippen molar-refractivity contribution in [1.29, 1.82) is 0 Å². The van der Waals surface area contributed by atoms with Crippen molar-refractivity contribution < 1.29 is 26.7 Å². The molecule has 1 unspecified atom stereocenters. The number of nitro benzene ring substituents is 2. The summed E-state index contributed by atoms with van der Waals surface area (Å²) in [4.78, 5) is 19.8. The molecule has 174 valence electrons. The number of hydrogen-bond donors (Lipinski definition) is 2. The predicted molar refractivity (Wildman–Crippen MR) is 115 cm³/mol. The number of nitrogens with one attached hydrogen (secondary N) is 2. The molecule has 0 fully saturated rings. The van der Waals surface area contributed by atoms with Crippen LogP contribution in [0.15, 0.2) is 58.3 Å². The molecule has 0 aliphatic heterocycles. The highest BCUT2D eigenvalue weighted by Crippen LogP contribution is 2.18. The van der Waals surface area contributed by atoms with Crippen LogP contribution in [0.3, 0.4) is 0 Å². The number of benzene rings is 2. The average Bonchev–Trinajstić information content (AvgIpc) is 2.75. The van der Waals surface area contributed by atoms with Gasteiger partial charge in [0.15, 0.2) is 0 Å². The number of nitrogens with zero attached hydrogens (tertiary/aromatic N) is 2. The number of sulfonamides is 2. The molecule has 0 radical (unpaired) electrons. The van der Waals surface area contributed by atoms with E-state index in [1.165, 1.54) is 36.4 Å². The maximum Gasteiger partial charge on any atom is 0.270 e. The van der Waals surface area contributed by atoms with Gasteiger partial charge < -0.3 is 0 Å². The Balaban J connectivity index is 1.84. The van der Waals surface area contributed by atoms with Crippen LogP contribution >= 0.6 is 0 Å². The van der Waals surface area contributed by atoms with Crippen LogP contribution in [0, 0.1) is 26.1 Å². The fourth-order valence-electron chi connectivity index (χ4n) is 2.71. The van der Waals surface area contributed by atoms with E-state index in [9.17, 15) is 37.1 Å². The van der Waals surface area contributed by atoms with Gasteiger partial charge in [0.05, 0.1) is 19.6 Å². The topological polar surface area (TPSA) is 179 Å². The van der Waals surface area contributed by atoms with E-state index in [4.69, 9.17) is 0 Å². The van der Waals surface area contributed by atoms with Crippen molar-refractivity contribution in [2.24, 2.45) is 5.92 Å². The average molecular weight is 487 g/mol. The summed E-state index contributed by atoms with van der Waals surface area (Å²) in [6.45, 7) is 1.89. The van der Waals surface area contributed by atoms with Crippen LogP contribution in [-0.4, -0.2) is 39.8 Å². The molecule has 0 aliphatic rings. The summed E-state index contributed by atoms with van der Waals surface area (Å²) in [5, 5.41) is 21.6. The third-order valence-corrected chi connectivity index (χ3v) is 7.35. The Labute approximate surface area is 185 Å². The van der Waals surface area contributed by atoms with E-state index in [0.717, 1.165) is 12.1 Å². The Bertz CT molecular complexity index is 1200. The van der Waals surface area contributed by atoms with Gasteiger partial charge in [-0.15, -0.1) is 0 Å². The van der Waals surface area contributed by atoms with E-state index in [1.54, 1.807) is 6.92 Å². The second-order valence-electron chi connectivity index (χ2n) is 7.01. The van der Waals surface area contributed by atoms with Crippen molar-refractivity contribution >= 4 is 31.4 Å². The monoisotopic (exact) mass is 486 g/mol. The van der Waals surface area contributed by atoms with Gasteiger partial charge in [-0.2, -0.15) is 0 Å². The minimum absolute atomic E-state index is 0.0582. The van der Waals surface area contributed by atoms with Gasteiger partial charge >= 0.3 is 0 Å². The third-order valence-electron chi connectivity index (χ3n) is 4.47. The Hall–Kier alpha value is -2.94. The largest absolute Gasteiger partial charge is 0.270 e. The first-order valence-electron chi connectivity index (χ1n) is 9.40. The predicted octanol–water partition coefficient (Wildman–Crippen LogP) is 2.18. The molecule has 0 aromatic heterocycles. The van der Waals surface area contributed by atoms with E-state index in [2.05, 4.69) is 9.44 Å². The molecule has 0 saturated carbocycles. The maximum atomic E-state index is 12.3. The van der Waals surface area contributed by atoms with Crippen LogP contribution in [0.1, 0.15) is 19.8 Å². The highest BCUT2D eigenvalue weighted by molar-refractivity contribution is 7.89. The molecule has 0 amide bonds. The minimum Gasteiger partial charge on any atom is -0.258 e. The van der Waals surface area contributed by atoms with Crippen LogP contribution in [-0.2, 0) is 20.0 Å². The molecule has 14 heteroatoms. The fourth-order valence-corrected chi connectivity index (χ4v) is 5.02. The standard InChI is InChI=1S/C18H22N4O8S2/c1-14(13-20-32(29,30)18-9-3-7-16(12-18)22(25)26)5-4-10-19-31(27,28)17-8-2-6-15(11-17)21(23)24/h2-3,6-9,11-12,14,19-20H,4-5,10,13H2,1H3. The van der Waals surface area contributed by atoms with E-state index in [-0.39, 0.29) is 40.2 Å². The molecule has 2 aromatic carbocycles. The lowest BCUT2D eigenvalue weighted by atomic mass is 10.1. The zero-order chi connectivity index (χ0) is 23.9. The maximum absolute atomic E-state index is 12.3. The Morgan fingerprint density at radius 2 is 1.31 bits per heavy atom. The lowest BCUT2D eigenvalue weighted by Gasteiger charge is -2.13. The van der Waals surface area contributed by atoms with Gasteiger partial charge in [-0.1, -0.05) is 19.1 Å². The van der Waals surface area contributed by atoms with E-state index < -0.39 is 29.9 Å². The molecule has 0 spiro atoms. The Kier molecular flexibility index (Phi) is 8.38. The van der Waals surface area contributed by atoms with Gasteiger partial charge in [0.1, 0.15) is 0 Å². The number of non-ortho nitro benzene ring substituents is 2. The molecule has 2 aromatic rings. The van der Waals surface area contributed by atoms with Gasteiger partial charge in [-0.3, -0.25) is 20.2 Å². The van der Waals surface area contributed by atoms with E-state index in [1.807, 2.05) is 0 Å². The molecule has 0 aliphatic carbocycles. The lowest BCUT2D eigenvalue weighted by molar-refractivity contribution is -0.385. The molecule has 0 bridgehead atoms. The zero-order valence-electron chi connectivity index (χ0n) is 17.0.